The van der Waals surface area contributed by atoms with Gasteiger partial charge in [0.05, 0.1) is 23.8 Å². The summed E-state index contributed by atoms with van der Waals surface area (Å²) in [5.41, 5.74) is 0. The van der Waals surface area contributed by atoms with E-state index in [4.69, 9.17) is 4.74 Å². The van der Waals surface area contributed by atoms with Crippen LogP contribution in [0.3, 0.4) is 0 Å². The number of ether oxygens (including phenoxy) is 1. The number of carbonyl (C=O) groups excluding carboxylic acids is 1. The van der Waals surface area contributed by atoms with Crippen molar-refractivity contribution in [2.45, 2.75) is 32.2 Å². The van der Waals surface area contributed by atoms with Crippen molar-refractivity contribution >= 4 is 27.7 Å². The van der Waals surface area contributed by atoms with Crippen molar-refractivity contribution in [2.75, 3.05) is 18.6 Å². The van der Waals surface area contributed by atoms with Gasteiger partial charge in [-0.2, -0.15) is 4.98 Å². The Hall–Kier alpha value is -1.17. The van der Waals surface area contributed by atoms with Gasteiger partial charge in [-0.05, 0) is 42.1 Å². The highest BCUT2D eigenvalue weighted by atomic mass is 79.9. The van der Waals surface area contributed by atoms with Gasteiger partial charge in [0.25, 0.3) is 0 Å². The Labute approximate surface area is 115 Å². The van der Waals surface area contributed by atoms with Gasteiger partial charge in [0.1, 0.15) is 0 Å². The van der Waals surface area contributed by atoms with E-state index >= 15 is 0 Å². The maximum atomic E-state index is 11.7. The van der Waals surface area contributed by atoms with E-state index in [0.29, 0.717) is 16.3 Å². The van der Waals surface area contributed by atoms with Gasteiger partial charge >= 0.3 is 0 Å². The van der Waals surface area contributed by atoms with E-state index in [-0.39, 0.29) is 11.8 Å². The molecule has 0 bridgehead atoms. The van der Waals surface area contributed by atoms with E-state index in [9.17, 15) is 4.79 Å². The van der Waals surface area contributed by atoms with Crippen molar-refractivity contribution in [3.63, 3.8) is 0 Å². The molecule has 1 unspecified atom stereocenters. The van der Waals surface area contributed by atoms with E-state index in [1.165, 1.54) is 0 Å². The first kappa shape index (κ1) is 13.3. The summed E-state index contributed by atoms with van der Waals surface area (Å²) < 4.78 is 5.88. The Bertz CT molecular complexity index is 453. The fraction of sp³-hybridized carbons (Fsp3) is 0.583. The molecule has 2 rings (SSSR count). The topological polar surface area (TPSA) is 55.3 Å². The summed E-state index contributed by atoms with van der Waals surface area (Å²) >= 11 is 3.32. The van der Waals surface area contributed by atoms with Crippen LogP contribution in [0.25, 0.3) is 0 Å². The molecule has 1 aromatic rings. The molecule has 0 saturated carbocycles. The standard InChI is InChI=1S/C12H16BrN3O2/c1-8(17)10-5-3-4-6-16(10)12-14-7-9(13)11(15-12)18-2/h7,10H,3-6H2,1-2H3. The Morgan fingerprint density at radius 1 is 1.56 bits per heavy atom. The molecule has 5 nitrogen and oxygen atoms in total. The molecule has 0 aromatic carbocycles. The number of halogens is 1. The highest BCUT2D eigenvalue weighted by Crippen LogP contribution is 2.27. The molecular weight excluding hydrogens is 298 g/mol. The Balaban J connectivity index is 2.30. The van der Waals surface area contributed by atoms with Crippen molar-refractivity contribution in [1.82, 2.24) is 9.97 Å². The van der Waals surface area contributed by atoms with Crippen LogP contribution < -0.4 is 9.64 Å². The highest BCUT2D eigenvalue weighted by molar-refractivity contribution is 9.10. The Kier molecular flexibility index (Phi) is 4.16. The Morgan fingerprint density at radius 3 is 3.00 bits per heavy atom. The van der Waals surface area contributed by atoms with Crippen LogP contribution in [0.15, 0.2) is 10.7 Å². The second kappa shape index (κ2) is 5.65. The number of ketones is 1. The van der Waals surface area contributed by atoms with Crippen LogP contribution in [-0.2, 0) is 4.79 Å². The van der Waals surface area contributed by atoms with Crippen LogP contribution in [0.1, 0.15) is 26.2 Å². The van der Waals surface area contributed by atoms with Crippen molar-refractivity contribution in [3.8, 4) is 5.88 Å². The van der Waals surface area contributed by atoms with E-state index < -0.39 is 0 Å². The van der Waals surface area contributed by atoms with Crippen LogP contribution >= 0.6 is 15.9 Å². The van der Waals surface area contributed by atoms with Crippen molar-refractivity contribution in [2.24, 2.45) is 0 Å². The molecule has 2 heterocycles. The molecule has 1 atom stereocenters. The number of rotatable bonds is 3. The van der Waals surface area contributed by atoms with Crippen molar-refractivity contribution in [3.05, 3.63) is 10.7 Å². The third-order valence-electron chi connectivity index (χ3n) is 3.12. The average molecular weight is 314 g/mol. The van der Waals surface area contributed by atoms with Crippen molar-refractivity contribution < 1.29 is 9.53 Å². The lowest BCUT2D eigenvalue weighted by Crippen LogP contribution is -2.44. The first-order chi connectivity index (χ1) is 8.63. The van der Waals surface area contributed by atoms with Crippen molar-refractivity contribution in [1.29, 1.82) is 0 Å². The quantitative estimate of drug-likeness (QED) is 0.856. The summed E-state index contributed by atoms with van der Waals surface area (Å²) in [6.45, 7) is 2.44. The highest BCUT2D eigenvalue weighted by Gasteiger charge is 2.28. The zero-order chi connectivity index (χ0) is 13.1. The molecule has 0 spiro atoms. The minimum atomic E-state index is -0.107. The maximum absolute atomic E-state index is 11.7. The summed E-state index contributed by atoms with van der Waals surface area (Å²) in [4.78, 5) is 22.3. The SMILES string of the molecule is COc1nc(N2CCCCC2C(C)=O)ncc1Br. The van der Waals surface area contributed by atoms with E-state index in [1.54, 1.807) is 20.2 Å². The molecule has 0 amide bonds. The summed E-state index contributed by atoms with van der Waals surface area (Å²) in [5, 5.41) is 0. The van der Waals surface area contributed by atoms with Gasteiger partial charge in [-0.3, -0.25) is 4.79 Å². The molecule has 1 aliphatic heterocycles. The summed E-state index contributed by atoms with van der Waals surface area (Å²) in [5.74, 6) is 1.23. The predicted molar refractivity (Wildman–Crippen MR) is 72.0 cm³/mol. The minimum Gasteiger partial charge on any atom is -0.480 e. The fourth-order valence-electron chi connectivity index (χ4n) is 2.22. The molecule has 98 valence electrons. The fourth-order valence-corrected chi connectivity index (χ4v) is 2.57. The number of Topliss-reactive ketones (excluding diaryl/α,β-unsaturated/α-hetero) is 1. The number of hydrogen-bond donors (Lipinski definition) is 0. The molecule has 1 saturated heterocycles. The van der Waals surface area contributed by atoms with Gasteiger partial charge in [-0.15, -0.1) is 0 Å². The van der Waals surface area contributed by atoms with Crippen LogP contribution in [-0.4, -0.2) is 35.4 Å². The predicted octanol–water partition coefficient (Wildman–Crippen LogP) is 2.20. The number of nitrogens with zero attached hydrogens (tertiary/aromatic N) is 3. The van der Waals surface area contributed by atoms with Gasteiger partial charge in [0.2, 0.25) is 11.8 Å². The first-order valence-electron chi connectivity index (χ1n) is 5.97. The van der Waals surface area contributed by atoms with E-state index in [1.807, 2.05) is 4.90 Å². The van der Waals surface area contributed by atoms with Gasteiger partial charge in [0, 0.05) is 6.54 Å². The smallest absolute Gasteiger partial charge is 0.232 e. The third-order valence-corrected chi connectivity index (χ3v) is 3.67. The maximum Gasteiger partial charge on any atom is 0.232 e. The monoisotopic (exact) mass is 313 g/mol. The second-order valence-corrected chi connectivity index (χ2v) is 5.20. The molecule has 0 aliphatic carbocycles. The number of carbonyl (C=O) groups is 1. The van der Waals surface area contributed by atoms with Gasteiger partial charge in [-0.1, -0.05) is 0 Å². The zero-order valence-corrected chi connectivity index (χ0v) is 12.1. The Morgan fingerprint density at radius 2 is 2.33 bits per heavy atom. The normalized spacial score (nSPS) is 19.7. The first-order valence-corrected chi connectivity index (χ1v) is 6.76. The molecule has 18 heavy (non-hydrogen) atoms. The molecule has 0 N–H and O–H groups in total. The molecule has 1 aromatic heterocycles. The number of piperidine rings is 1. The van der Waals surface area contributed by atoms with Crippen LogP contribution in [0.5, 0.6) is 5.88 Å². The summed E-state index contributed by atoms with van der Waals surface area (Å²) in [6, 6.07) is -0.107. The third kappa shape index (κ3) is 2.63. The van der Waals surface area contributed by atoms with Crippen LogP contribution in [0, 0.1) is 0 Å². The van der Waals surface area contributed by atoms with Gasteiger partial charge < -0.3 is 9.64 Å². The van der Waals surface area contributed by atoms with E-state index in [0.717, 1.165) is 25.8 Å². The summed E-state index contributed by atoms with van der Waals surface area (Å²) in [6.07, 6.45) is 4.67. The molecular formula is C12H16BrN3O2. The lowest BCUT2D eigenvalue weighted by atomic mass is 10.00. The molecule has 6 heteroatoms. The number of methoxy groups -OCH3 is 1. The largest absolute Gasteiger partial charge is 0.480 e. The lowest BCUT2D eigenvalue weighted by molar-refractivity contribution is -0.118. The minimum absolute atomic E-state index is 0.107. The van der Waals surface area contributed by atoms with Gasteiger partial charge in [-0.25, -0.2) is 4.98 Å². The molecule has 1 aliphatic rings. The van der Waals surface area contributed by atoms with Crippen LogP contribution in [0.2, 0.25) is 0 Å². The average Bonchev–Trinajstić information content (AvgIpc) is 2.39. The van der Waals surface area contributed by atoms with Crippen LogP contribution in [0.4, 0.5) is 5.95 Å². The number of hydrogen-bond acceptors (Lipinski definition) is 5. The number of anilines is 1. The molecule has 1 fully saturated rings. The molecule has 0 radical (unpaired) electrons. The van der Waals surface area contributed by atoms with Gasteiger partial charge in [0.15, 0.2) is 5.78 Å². The van der Waals surface area contributed by atoms with E-state index in [2.05, 4.69) is 25.9 Å². The lowest BCUT2D eigenvalue weighted by Gasteiger charge is -2.34. The summed E-state index contributed by atoms with van der Waals surface area (Å²) in [7, 11) is 1.57. The number of aromatic nitrogens is 2. The zero-order valence-electron chi connectivity index (χ0n) is 10.5. The second-order valence-electron chi connectivity index (χ2n) is 4.34.